The van der Waals surface area contributed by atoms with Crippen molar-refractivity contribution < 1.29 is 9.53 Å². The van der Waals surface area contributed by atoms with Crippen molar-refractivity contribution in [3.63, 3.8) is 0 Å². The van der Waals surface area contributed by atoms with Crippen molar-refractivity contribution in [1.29, 1.82) is 0 Å². The molecule has 1 aromatic rings. The van der Waals surface area contributed by atoms with Gasteiger partial charge in [-0.05, 0) is 17.7 Å². The molecular formula is C6H8N2O2. The number of rotatable bonds is 0. The van der Waals surface area contributed by atoms with Crippen molar-refractivity contribution in [3.8, 4) is 0 Å². The maximum Gasteiger partial charge on any atom is 0.221 e. The highest BCUT2D eigenvalue weighted by atomic mass is 16.8. The Morgan fingerprint density at radius 2 is 2.20 bits per heavy atom. The zero-order valence-corrected chi connectivity index (χ0v) is 5.54. The summed E-state index contributed by atoms with van der Waals surface area (Å²) in [7, 11) is 0. The summed E-state index contributed by atoms with van der Waals surface area (Å²) >= 11 is 0. The van der Waals surface area contributed by atoms with Gasteiger partial charge in [-0.1, -0.05) is 0 Å². The average Bonchev–Trinajstić information content (AvgIpc) is 2.34. The van der Waals surface area contributed by atoms with Gasteiger partial charge in [-0.3, -0.25) is 4.63 Å². The van der Waals surface area contributed by atoms with Gasteiger partial charge in [0.2, 0.25) is 5.69 Å². The van der Waals surface area contributed by atoms with Crippen molar-refractivity contribution in [3.05, 3.63) is 16.6 Å². The minimum absolute atomic E-state index is 0.522. The predicted octanol–water partition coefficient (Wildman–Crippen LogP) is 0.187. The molecule has 0 amide bonds. The lowest BCUT2D eigenvalue weighted by Gasteiger charge is -2.02. The highest BCUT2D eigenvalue weighted by Crippen LogP contribution is 2.14. The van der Waals surface area contributed by atoms with Gasteiger partial charge < -0.3 is 5.21 Å². The summed E-state index contributed by atoms with van der Waals surface area (Å²) in [6.45, 7) is 0. The molecular weight excluding hydrogens is 132 g/mol. The molecule has 1 aliphatic rings. The number of hydrogen-bond acceptors (Lipinski definition) is 3. The minimum Gasteiger partial charge on any atom is -0.359 e. The van der Waals surface area contributed by atoms with Crippen molar-refractivity contribution in [2.24, 2.45) is 0 Å². The highest BCUT2D eigenvalue weighted by molar-refractivity contribution is 5.06. The second-order valence-electron chi connectivity index (χ2n) is 2.53. The smallest absolute Gasteiger partial charge is 0.221 e. The lowest BCUT2D eigenvalue weighted by Crippen LogP contribution is -2.29. The molecule has 4 heteroatoms. The second-order valence-corrected chi connectivity index (χ2v) is 2.53. The van der Waals surface area contributed by atoms with E-state index in [0.717, 1.165) is 37.1 Å². The number of fused-ring (bicyclic) bond motifs is 1. The summed E-state index contributed by atoms with van der Waals surface area (Å²) in [5.41, 5.74) is 1.58. The molecule has 0 aromatic carbocycles. The first-order valence-electron chi connectivity index (χ1n) is 3.45. The van der Waals surface area contributed by atoms with Gasteiger partial charge in [0.15, 0.2) is 5.69 Å². The SMILES string of the molecule is [O-][n+]1onc2c1CCCC2. The molecule has 10 heavy (non-hydrogen) atoms. The lowest BCUT2D eigenvalue weighted by atomic mass is 10.0. The van der Waals surface area contributed by atoms with Gasteiger partial charge in [0, 0.05) is 18.0 Å². The van der Waals surface area contributed by atoms with Crippen molar-refractivity contribution in [2.75, 3.05) is 0 Å². The van der Waals surface area contributed by atoms with E-state index in [4.69, 9.17) is 0 Å². The van der Waals surface area contributed by atoms with Crippen LogP contribution in [0.1, 0.15) is 24.2 Å². The first-order chi connectivity index (χ1) is 4.88. The van der Waals surface area contributed by atoms with Gasteiger partial charge in [-0.15, -0.1) is 0 Å². The molecule has 0 saturated heterocycles. The zero-order chi connectivity index (χ0) is 6.97. The lowest BCUT2D eigenvalue weighted by molar-refractivity contribution is -0.808. The van der Waals surface area contributed by atoms with E-state index in [1.807, 2.05) is 0 Å². The van der Waals surface area contributed by atoms with Gasteiger partial charge in [-0.25, -0.2) is 0 Å². The van der Waals surface area contributed by atoms with Gasteiger partial charge in [-0.2, -0.15) is 0 Å². The molecule has 2 rings (SSSR count). The molecule has 4 nitrogen and oxygen atoms in total. The number of aromatic nitrogens is 2. The summed E-state index contributed by atoms with van der Waals surface area (Å²) in [6, 6.07) is 0. The number of nitrogens with zero attached hydrogens (tertiary/aromatic N) is 2. The van der Waals surface area contributed by atoms with Crippen LogP contribution in [0.3, 0.4) is 0 Å². The van der Waals surface area contributed by atoms with E-state index in [-0.39, 0.29) is 0 Å². The van der Waals surface area contributed by atoms with E-state index in [1.165, 1.54) is 0 Å². The van der Waals surface area contributed by atoms with E-state index in [9.17, 15) is 5.21 Å². The Bertz CT molecular complexity index is 244. The van der Waals surface area contributed by atoms with Gasteiger partial charge in [0.25, 0.3) is 0 Å². The normalized spacial score (nSPS) is 16.8. The quantitative estimate of drug-likeness (QED) is 0.483. The second kappa shape index (κ2) is 1.97. The molecule has 0 radical (unpaired) electrons. The Labute approximate surface area is 58.0 Å². The molecule has 1 aromatic heterocycles. The molecule has 0 N–H and O–H groups in total. The third kappa shape index (κ3) is 0.683. The first-order valence-corrected chi connectivity index (χ1v) is 3.45. The maximum atomic E-state index is 10.8. The Hall–Kier alpha value is -1.06. The average molecular weight is 140 g/mol. The van der Waals surface area contributed by atoms with Crippen LogP contribution in [-0.2, 0) is 12.8 Å². The van der Waals surface area contributed by atoms with E-state index in [1.54, 1.807) is 0 Å². The van der Waals surface area contributed by atoms with E-state index >= 15 is 0 Å². The summed E-state index contributed by atoms with van der Waals surface area (Å²) in [5, 5.41) is 14.4. The van der Waals surface area contributed by atoms with Crippen LogP contribution >= 0.6 is 0 Å². The fourth-order valence-corrected chi connectivity index (χ4v) is 1.30. The molecule has 0 fully saturated rings. The first kappa shape index (κ1) is 5.70. The summed E-state index contributed by atoms with van der Waals surface area (Å²) < 4.78 is 4.43. The van der Waals surface area contributed by atoms with Gasteiger partial charge >= 0.3 is 0 Å². The van der Waals surface area contributed by atoms with Crippen LogP contribution in [0, 0.1) is 5.21 Å². The van der Waals surface area contributed by atoms with E-state index in [2.05, 4.69) is 9.79 Å². The summed E-state index contributed by atoms with van der Waals surface area (Å²) in [6.07, 6.45) is 3.92. The van der Waals surface area contributed by atoms with Crippen LogP contribution in [0.4, 0.5) is 0 Å². The van der Waals surface area contributed by atoms with Gasteiger partial charge in [0.05, 0.1) is 0 Å². The van der Waals surface area contributed by atoms with Crippen LogP contribution < -0.4 is 4.90 Å². The minimum atomic E-state index is 0.522. The van der Waals surface area contributed by atoms with Crippen molar-refractivity contribution in [1.82, 2.24) is 5.16 Å². The number of hydrogen-bond donors (Lipinski definition) is 0. The van der Waals surface area contributed by atoms with Crippen LogP contribution in [0.5, 0.6) is 0 Å². The Kier molecular flexibility index (Phi) is 1.12. The molecule has 54 valence electrons. The molecule has 0 unspecified atom stereocenters. The highest BCUT2D eigenvalue weighted by Gasteiger charge is 2.21. The fraction of sp³-hybridized carbons (Fsp3) is 0.667. The summed E-state index contributed by atoms with van der Waals surface area (Å²) in [5.74, 6) is 0. The summed E-state index contributed by atoms with van der Waals surface area (Å²) in [4.78, 5) is 0.522. The Balaban J connectivity index is 2.45. The topological polar surface area (TPSA) is 53.0 Å². The molecule has 1 heterocycles. The predicted molar refractivity (Wildman–Crippen MR) is 32.1 cm³/mol. The standard InChI is InChI=1S/C6H8N2O2/c9-8-6-4-2-1-3-5(6)7-10-8/h1-4H2. The van der Waals surface area contributed by atoms with E-state index in [0.29, 0.717) is 4.90 Å². The molecule has 0 spiro atoms. The maximum absolute atomic E-state index is 10.8. The molecule has 0 saturated carbocycles. The van der Waals surface area contributed by atoms with Crippen LogP contribution in [0.15, 0.2) is 4.63 Å². The van der Waals surface area contributed by atoms with Crippen LogP contribution in [0.2, 0.25) is 0 Å². The van der Waals surface area contributed by atoms with Crippen LogP contribution in [-0.4, -0.2) is 5.16 Å². The van der Waals surface area contributed by atoms with E-state index < -0.39 is 0 Å². The molecule has 0 atom stereocenters. The number of aryl methyl sites for hydroxylation is 1. The van der Waals surface area contributed by atoms with Crippen molar-refractivity contribution >= 4 is 0 Å². The monoisotopic (exact) mass is 140 g/mol. The fourth-order valence-electron chi connectivity index (χ4n) is 1.30. The third-order valence-electron chi connectivity index (χ3n) is 1.86. The molecule has 0 aliphatic heterocycles. The third-order valence-corrected chi connectivity index (χ3v) is 1.86. The molecule has 0 bridgehead atoms. The van der Waals surface area contributed by atoms with Crippen molar-refractivity contribution in [2.45, 2.75) is 25.7 Å². The van der Waals surface area contributed by atoms with Gasteiger partial charge in [0.1, 0.15) is 0 Å². The Morgan fingerprint density at radius 3 is 3.00 bits per heavy atom. The largest absolute Gasteiger partial charge is 0.359 e. The van der Waals surface area contributed by atoms with Crippen LogP contribution in [0.25, 0.3) is 0 Å². The molecule has 1 aliphatic carbocycles. The zero-order valence-electron chi connectivity index (χ0n) is 5.54. The Morgan fingerprint density at radius 1 is 1.40 bits per heavy atom.